The van der Waals surface area contributed by atoms with Crippen LogP contribution in [0.2, 0.25) is 0 Å². The van der Waals surface area contributed by atoms with E-state index >= 15 is 0 Å². The zero-order valence-corrected chi connectivity index (χ0v) is 31.1. The summed E-state index contributed by atoms with van der Waals surface area (Å²) in [5.74, 6) is -4.59. The van der Waals surface area contributed by atoms with Gasteiger partial charge in [0.25, 0.3) is 0 Å². The van der Waals surface area contributed by atoms with Crippen LogP contribution in [-0.4, -0.2) is 238 Å². The Kier molecular flexibility index (Phi) is 15.0. The van der Waals surface area contributed by atoms with Crippen LogP contribution in [-0.2, 0) is 61.8 Å². The Morgan fingerprint density at radius 2 is 0.828 bits per heavy atom. The van der Waals surface area contributed by atoms with Gasteiger partial charge in [-0.3, -0.25) is 4.79 Å². The molecule has 0 bridgehead atoms. The van der Waals surface area contributed by atoms with Crippen LogP contribution in [0.1, 0.15) is 27.7 Å². The molecule has 58 heavy (non-hydrogen) atoms. The van der Waals surface area contributed by atoms with Crippen molar-refractivity contribution in [1.29, 1.82) is 0 Å². The molecule has 0 aliphatic carbocycles. The molecule has 5 fully saturated rings. The number of esters is 1. The van der Waals surface area contributed by atoms with E-state index < -0.39 is 171 Å². The number of aliphatic hydroxyl groups is 11. The molecule has 0 spiro atoms. The fourth-order valence-electron chi connectivity index (χ4n) is 7.11. The second kappa shape index (κ2) is 18.7. The number of carbonyl (C=O) groups is 3. The molecule has 0 saturated carbocycles. The summed E-state index contributed by atoms with van der Waals surface area (Å²) >= 11 is 0. The highest BCUT2D eigenvalue weighted by Gasteiger charge is 2.58. The number of aliphatic hydroxyl groups excluding tert-OH is 11. The van der Waals surface area contributed by atoms with Crippen LogP contribution in [0.15, 0.2) is 0 Å². The van der Waals surface area contributed by atoms with Gasteiger partial charge in [-0.1, -0.05) is 0 Å². The van der Waals surface area contributed by atoms with Crippen molar-refractivity contribution >= 4 is 17.9 Å². The molecule has 0 aromatic rings. The van der Waals surface area contributed by atoms with Gasteiger partial charge in [0, 0.05) is 6.92 Å². The summed E-state index contributed by atoms with van der Waals surface area (Å²) in [6.07, 6.45) is -48.9. The molecule has 0 radical (unpaired) electrons. The Bertz CT molecular complexity index is 1410. The molecule has 0 amide bonds. The minimum absolute atomic E-state index is 0.967. The summed E-state index contributed by atoms with van der Waals surface area (Å²) in [6, 6.07) is 0. The lowest BCUT2D eigenvalue weighted by molar-refractivity contribution is -0.408. The van der Waals surface area contributed by atoms with Gasteiger partial charge in [-0.25, -0.2) is 9.59 Å². The summed E-state index contributed by atoms with van der Waals surface area (Å²) in [5.41, 5.74) is 0. The Morgan fingerprint density at radius 1 is 0.397 bits per heavy atom. The average Bonchev–Trinajstić information content (AvgIpc) is 3.15. The van der Waals surface area contributed by atoms with E-state index in [0.717, 1.165) is 6.92 Å². The van der Waals surface area contributed by atoms with Gasteiger partial charge in [-0.05, 0) is 20.8 Å². The van der Waals surface area contributed by atoms with Crippen molar-refractivity contribution in [3.05, 3.63) is 0 Å². The fourth-order valence-corrected chi connectivity index (χ4v) is 7.11. The van der Waals surface area contributed by atoms with Crippen LogP contribution in [0, 0.1) is 0 Å². The van der Waals surface area contributed by atoms with Crippen molar-refractivity contribution in [2.24, 2.45) is 0 Å². The Morgan fingerprint density at radius 3 is 1.33 bits per heavy atom. The number of hydrogen-bond acceptors (Lipinski definition) is 24. The zero-order valence-electron chi connectivity index (χ0n) is 31.1. The molecule has 25 atom stereocenters. The van der Waals surface area contributed by atoms with E-state index in [0.29, 0.717) is 0 Å². The van der Waals surface area contributed by atoms with E-state index in [1.165, 1.54) is 20.8 Å². The molecule has 26 heteroatoms. The third-order valence-corrected chi connectivity index (χ3v) is 10.4. The van der Waals surface area contributed by atoms with Gasteiger partial charge in [0.15, 0.2) is 49.8 Å². The summed E-state index contributed by atoms with van der Waals surface area (Å²) in [7, 11) is 0. The largest absolute Gasteiger partial charge is 0.479 e. The van der Waals surface area contributed by atoms with Gasteiger partial charge in [-0.15, -0.1) is 0 Å². The van der Waals surface area contributed by atoms with E-state index in [1.807, 2.05) is 0 Å². The first kappa shape index (κ1) is 46.7. The molecule has 5 heterocycles. The van der Waals surface area contributed by atoms with Crippen LogP contribution < -0.4 is 0 Å². The minimum Gasteiger partial charge on any atom is -0.479 e. The Balaban J connectivity index is 1.57. The van der Waals surface area contributed by atoms with Crippen LogP contribution in [0.4, 0.5) is 0 Å². The van der Waals surface area contributed by atoms with Crippen molar-refractivity contribution < 1.29 is 128 Å². The molecule has 5 saturated heterocycles. The molecule has 26 nitrogen and oxygen atoms in total. The molecule has 334 valence electrons. The summed E-state index contributed by atoms with van der Waals surface area (Å²) in [6.45, 7) is 4.84. The minimum atomic E-state index is -2.24. The maximum absolute atomic E-state index is 12.5. The standard InChI is InChI=1S/C32H50O26/c1-5-9(34)13(38)23(56-29-16(41)11(36)14(39)21(54-29)26(44)45)31(50-5)57-24-19(52-8(4)33)7(3)51-32(53-20-10(35)6(2)49-28(48)18(20)43)25(24)58-30-17(42)12(37)15(40)22(55-30)27(46)47/h5-7,9-25,28-32,34-43,48H,1-4H3,(H,44,45)(H,46,47)/t5-,6-,7-,9-,10-,11-,12-,13+,14-,15-,16+,17+,18-,19-,20+,21-,22-,23-,24+,25-,28?,29-,30-,31+,32+/m0/s1. The number of carboxylic acids is 2. The molecular formula is C32H50O26. The maximum Gasteiger partial charge on any atom is 0.335 e. The first-order valence-corrected chi connectivity index (χ1v) is 18.1. The van der Waals surface area contributed by atoms with Crippen molar-refractivity contribution in [3.8, 4) is 0 Å². The molecule has 5 rings (SSSR count). The average molecular weight is 851 g/mol. The van der Waals surface area contributed by atoms with E-state index in [9.17, 15) is 80.8 Å². The highest BCUT2D eigenvalue weighted by Crippen LogP contribution is 2.38. The fraction of sp³-hybridized carbons (Fsp3) is 0.906. The second-order valence-corrected chi connectivity index (χ2v) is 14.6. The SMILES string of the molecule is CC(=O)O[C@@H]1[C@@H](O[C@H]2O[C@@H](C)[C@H](O)[C@@H](O)[C@@H]2O[C@@H]2O[C@H](C(=O)O)[C@@H](O)[C@H](O)[C@H]2O)[C@H](O[C@@H]2O[C@H](C(=O)O)[C@@H](O)[C@H](O)[C@H]2O)[C@@H](O[C@@H]2[C@@H](O)[C@H](C)OC(O)[C@H]2O)O[C@H]1C. The van der Waals surface area contributed by atoms with Crippen molar-refractivity contribution in [1.82, 2.24) is 0 Å². The van der Waals surface area contributed by atoms with Gasteiger partial charge >= 0.3 is 17.9 Å². The van der Waals surface area contributed by atoms with Crippen LogP contribution in [0.25, 0.3) is 0 Å². The molecule has 0 aromatic carbocycles. The summed E-state index contributed by atoms with van der Waals surface area (Å²) in [4.78, 5) is 36.2. The number of ether oxygens (including phenoxy) is 10. The highest BCUT2D eigenvalue weighted by molar-refractivity contribution is 5.73. The number of carbonyl (C=O) groups excluding carboxylic acids is 1. The van der Waals surface area contributed by atoms with Crippen LogP contribution in [0.3, 0.4) is 0 Å². The third-order valence-electron chi connectivity index (χ3n) is 10.4. The molecule has 1 unspecified atom stereocenters. The zero-order chi connectivity index (χ0) is 43.2. The van der Waals surface area contributed by atoms with Gasteiger partial charge in [-0.2, -0.15) is 0 Å². The molecule has 13 N–H and O–H groups in total. The van der Waals surface area contributed by atoms with E-state index in [-0.39, 0.29) is 0 Å². The van der Waals surface area contributed by atoms with E-state index in [2.05, 4.69) is 0 Å². The first-order valence-electron chi connectivity index (χ1n) is 18.1. The van der Waals surface area contributed by atoms with Gasteiger partial charge in [0.05, 0.1) is 18.3 Å². The lowest BCUT2D eigenvalue weighted by Gasteiger charge is -2.51. The van der Waals surface area contributed by atoms with Crippen molar-refractivity contribution in [2.45, 2.75) is 181 Å². The van der Waals surface area contributed by atoms with Gasteiger partial charge in [0.1, 0.15) is 85.5 Å². The van der Waals surface area contributed by atoms with Crippen molar-refractivity contribution in [2.75, 3.05) is 0 Å². The normalized spacial score (nSPS) is 51.5. The predicted molar refractivity (Wildman–Crippen MR) is 173 cm³/mol. The number of carboxylic acid groups (broad SMARTS) is 2. The lowest BCUT2D eigenvalue weighted by Crippen LogP contribution is -2.69. The topological polar surface area (TPSA) is 407 Å². The monoisotopic (exact) mass is 850 g/mol. The lowest BCUT2D eigenvalue weighted by atomic mass is 9.95. The van der Waals surface area contributed by atoms with Crippen LogP contribution in [0.5, 0.6) is 0 Å². The van der Waals surface area contributed by atoms with Gasteiger partial charge < -0.3 is 114 Å². The van der Waals surface area contributed by atoms with Crippen molar-refractivity contribution in [3.63, 3.8) is 0 Å². The number of hydrogen-bond donors (Lipinski definition) is 13. The summed E-state index contributed by atoms with van der Waals surface area (Å²) in [5, 5.41) is 136. The second-order valence-electron chi connectivity index (χ2n) is 14.6. The van der Waals surface area contributed by atoms with E-state index in [4.69, 9.17) is 47.4 Å². The highest BCUT2D eigenvalue weighted by atomic mass is 16.8. The summed E-state index contributed by atoms with van der Waals surface area (Å²) < 4.78 is 56.6. The maximum atomic E-state index is 12.5. The molecule has 5 aliphatic rings. The van der Waals surface area contributed by atoms with Crippen LogP contribution >= 0.6 is 0 Å². The predicted octanol–water partition coefficient (Wildman–Crippen LogP) is -8.09. The third kappa shape index (κ3) is 9.40. The smallest absolute Gasteiger partial charge is 0.335 e. The molecule has 5 aliphatic heterocycles. The van der Waals surface area contributed by atoms with E-state index in [1.54, 1.807) is 0 Å². The Labute approximate surface area is 327 Å². The Hall–Kier alpha value is -2.39. The molecule has 0 aromatic heterocycles. The molecular weight excluding hydrogens is 800 g/mol. The van der Waals surface area contributed by atoms with Gasteiger partial charge in [0.2, 0.25) is 0 Å². The number of rotatable bonds is 11. The quantitative estimate of drug-likeness (QED) is 0.0859. The number of aliphatic carboxylic acids is 2. The first-order chi connectivity index (χ1) is 27.0.